The molecule has 0 spiro atoms. The molecule has 0 fully saturated rings. The van der Waals surface area contributed by atoms with Gasteiger partial charge in [-0.3, -0.25) is 4.79 Å². The van der Waals surface area contributed by atoms with E-state index in [-0.39, 0.29) is 10.6 Å². The third kappa shape index (κ3) is 153. The van der Waals surface area contributed by atoms with E-state index in [1.54, 1.807) is 35.2 Å². The summed E-state index contributed by atoms with van der Waals surface area (Å²) in [5.41, 5.74) is 0. The van der Waals surface area contributed by atoms with Gasteiger partial charge in [0.05, 0.1) is 21.1 Å². The topological polar surface area (TPSA) is 46.6 Å². The Morgan fingerprint density at radius 1 is 1.00 bits per heavy atom. The van der Waals surface area contributed by atoms with Crippen LogP contribution in [0.4, 0.5) is 0 Å². The van der Waals surface area contributed by atoms with Gasteiger partial charge in [0.15, 0.2) is 0 Å². The van der Waals surface area contributed by atoms with Crippen LogP contribution < -0.4 is 0 Å². The molecule has 1 amide bonds. The van der Waals surface area contributed by atoms with Gasteiger partial charge in [-0.15, -0.1) is 0 Å². The van der Waals surface area contributed by atoms with Crippen LogP contribution in [0.1, 0.15) is 6.92 Å². The number of carbonyl (C=O) groups is 1. The number of amides is 1. The Morgan fingerprint density at radius 3 is 1.07 bits per heavy atom. The Bertz CT molecular complexity index is 142. The summed E-state index contributed by atoms with van der Waals surface area (Å²) in [7, 11) is 14.2. The number of hydroxylamine groups is 3. The summed E-state index contributed by atoms with van der Waals surface area (Å²) in [5, 5.41) is 10.0. The van der Waals surface area contributed by atoms with Crippen LogP contribution in [-0.2, 0) is 4.79 Å². The van der Waals surface area contributed by atoms with E-state index in [1.165, 1.54) is 11.8 Å². The standard InChI is InChI=1S/C4H9NO.C3H9NO.C3H9N/c1-4(6)5(2)3;1-4(2,3)5;1-4(2)3/h1-3H3;1-3H3;1-3H3. The fourth-order valence-corrected chi connectivity index (χ4v) is 0. The maximum atomic E-state index is 10.1. The van der Waals surface area contributed by atoms with Crippen molar-refractivity contribution in [3.8, 4) is 0 Å². The second kappa shape index (κ2) is 9.89. The Balaban J connectivity index is -0.000000147. The molecule has 0 aliphatic rings. The highest BCUT2D eigenvalue weighted by atomic mass is 16.5. The van der Waals surface area contributed by atoms with Gasteiger partial charge >= 0.3 is 0 Å². The third-order valence-corrected chi connectivity index (χ3v) is 0.630. The lowest BCUT2D eigenvalue weighted by molar-refractivity contribution is -0.818. The summed E-state index contributed by atoms with van der Waals surface area (Å²) >= 11 is 0. The molecule has 0 bridgehead atoms. The van der Waals surface area contributed by atoms with E-state index in [4.69, 9.17) is 0 Å². The van der Waals surface area contributed by atoms with Gasteiger partial charge in [-0.1, -0.05) is 0 Å². The van der Waals surface area contributed by atoms with Gasteiger partial charge in [-0.05, 0) is 21.1 Å². The molecule has 5 heteroatoms. The van der Waals surface area contributed by atoms with E-state index in [1.807, 2.05) is 26.0 Å². The summed E-state index contributed by atoms with van der Waals surface area (Å²) in [6, 6.07) is 0. The highest BCUT2D eigenvalue weighted by Gasteiger charge is 1.87. The predicted molar refractivity (Wildman–Crippen MR) is 65.4 cm³/mol. The van der Waals surface area contributed by atoms with Crippen molar-refractivity contribution in [3.05, 3.63) is 5.21 Å². The maximum absolute atomic E-state index is 10.1. The van der Waals surface area contributed by atoms with E-state index < -0.39 is 0 Å². The molecule has 0 heterocycles. The molecule has 0 aliphatic heterocycles. The highest BCUT2D eigenvalue weighted by molar-refractivity contribution is 5.72. The van der Waals surface area contributed by atoms with Gasteiger partial charge in [0.2, 0.25) is 5.91 Å². The number of quaternary nitrogens is 1. The first-order chi connectivity index (χ1) is 6.37. The fourth-order valence-electron chi connectivity index (χ4n) is 0. The van der Waals surface area contributed by atoms with E-state index >= 15 is 0 Å². The number of carbonyl (C=O) groups excluding carboxylic acids is 1. The van der Waals surface area contributed by atoms with E-state index in [0.29, 0.717) is 0 Å². The zero-order valence-electron chi connectivity index (χ0n) is 11.7. The lowest BCUT2D eigenvalue weighted by Crippen LogP contribution is -2.25. The lowest BCUT2D eigenvalue weighted by Gasteiger charge is -2.27. The molecule has 0 aromatic carbocycles. The van der Waals surface area contributed by atoms with Crippen molar-refractivity contribution in [2.75, 3.05) is 56.4 Å². The third-order valence-electron chi connectivity index (χ3n) is 0.630. The molecule has 0 aliphatic carbocycles. The second-order valence-electron chi connectivity index (χ2n) is 4.64. The molecule has 5 nitrogen and oxygen atoms in total. The smallest absolute Gasteiger partial charge is 0.218 e. The van der Waals surface area contributed by atoms with Crippen molar-refractivity contribution in [1.29, 1.82) is 0 Å². The summed E-state index contributed by atoms with van der Waals surface area (Å²) in [6.45, 7) is 1.53. The molecule has 0 aromatic heterocycles. The largest absolute Gasteiger partial charge is 0.633 e. The van der Waals surface area contributed by atoms with E-state index in [9.17, 15) is 10.0 Å². The molecule has 15 heavy (non-hydrogen) atoms. The van der Waals surface area contributed by atoms with Gasteiger partial charge in [-0.25, -0.2) is 0 Å². The van der Waals surface area contributed by atoms with Crippen LogP contribution in [-0.4, -0.2) is 76.7 Å². The highest BCUT2D eigenvalue weighted by Crippen LogP contribution is 1.77. The monoisotopic (exact) mass is 221 g/mol. The minimum Gasteiger partial charge on any atom is -0.633 e. The van der Waals surface area contributed by atoms with Gasteiger partial charge in [-0.2, -0.15) is 0 Å². The number of nitrogens with zero attached hydrogens (tertiary/aromatic N) is 3. The Hall–Kier alpha value is -0.650. The first kappa shape index (κ1) is 19.9. The van der Waals surface area contributed by atoms with Crippen molar-refractivity contribution in [2.45, 2.75) is 6.92 Å². The minimum atomic E-state index is -0.250. The van der Waals surface area contributed by atoms with E-state index in [2.05, 4.69) is 0 Å². The van der Waals surface area contributed by atoms with Crippen LogP contribution in [0.3, 0.4) is 0 Å². The van der Waals surface area contributed by atoms with Crippen LogP contribution >= 0.6 is 0 Å². The van der Waals surface area contributed by atoms with Crippen LogP contribution in [0.25, 0.3) is 0 Å². The number of rotatable bonds is 0. The molecular formula is C10H27N3O2. The van der Waals surface area contributed by atoms with Crippen LogP contribution in [0.15, 0.2) is 0 Å². The Morgan fingerprint density at radius 2 is 1.07 bits per heavy atom. The lowest BCUT2D eigenvalue weighted by atomic mass is 10.7. The molecule has 0 rings (SSSR count). The van der Waals surface area contributed by atoms with Gasteiger partial charge < -0.3 is 19.7 Å². The quantitative estimate of drug-likeness (QED) is 0.441. The zero-order chi connectivity index (χ0) is 13.2. The van der Waals surface area contributed by atoms with Gasteiger partial charge in [0.25, 0.3) is 0 Å². The van der Waals surface area contributed by atoms with Gasteiger partial charge in [0, 0.05) is 21.0 Å². The van der Waals surface area contributed by atoms with E-state index in [0.717, 1.165) is 0 Å². The van der Waals surface area contributed by atoms with Crippen molar-refractivity contribution < 1.29 is 9.44 Å². The van der Waals surface area contributed by atoms with Crippen molar-refractivity contribution in [1.82, 2.24) is 9.80 Å². The molecule has 0 radical (unpaired) electrons. The maximum Gasteiger partial charge on any atom is 0.218 e. The van der Waals surface area contributed by atoms with Gasteiger partial charge in [0.1, 0.15) is 0 Å². The number of hydrogen-bond donors (Lipinski definition) is 0. The molecule has 94 valence electrons. The molecule has 0 aromatic rings. The predicted octanol–water partition coefficient (Wildman–Crippen LogP) is 0.463. The van der Waals surface area contributed by atoms with Crippen molar-refractivity contribution in [3.63, 3.8) is 0 Å². The molecule has 0 N–H and O–H groups in total. The van der Waals surface area contributed by atoms with Crippen molar-refractivity contribution >= 4 is 5.91 Å². The summed E-state index contributed by atoms with van der Waals surface area (Å²) in [6.07, 6.45) is 0. The molecule has 0 saturated carbocycles. The van der Waals surface area contributed by atoms with Crippen LogP contribution in [0.2, 0.25) is 0 Å². The second-order valence-corrected chi connectivity index (χ2v) is 4.64. The minimum absolute atomic E-state index is 0.0926. The van der Waals surface area contributed by atoms with Crippen LogP contribution in [0.5, 0.6) is 0 Å². The Labute approximate surface area is 94.4 Å². The SMILES string of the molecule is CC(=O)N(C)C.CN(C)C.C[N+](C)(C)[O-]. The zero-order valence-corrected chi connectivity index (χ0v) is 11.7. The Kier molecular flexibility index (Phi) is 13.1. The summed E-state index contributed by atoms with van der Waals surface area (Å²) < 4.78 is -0.250. The van der Waals surface area contributed by atoms with Crippen molar-refractivity contribution in [2.24, 2.45) is 0 Å². The first-order valence-electron chi connectivity index (χ1n) is 4.69. The molecule has 0 atom stereocenters. The average Bonchev–Trinajstić information content (AvgIpc) is 1.80. The number of hydrogen-bond acceptors (Lipinski definition) is 3. The first-order valence-corrected chi connectivity index (χ1v) is 4.69. The summed E-state index contributed by atoms with van der Waals surface area (Å²) in [5.74, 6) is 0.0926. The molecule has 0 unspecified atom stereocenters. The fraction of sp³-hybridized carbons (Fsp3) is 0.900. The average molecular weight is 221 g/mol. The molecular weight excluding hydrogens is 194 g/mol. The molecule has 0 saturated heterocycles. The van der Waals surface area contributed by atoms with Crippen LogP contribution in [0, 0.1) is 5.21 Å². The normalized spacial score (nSPS) is 9.53. The summed E-state index contributed by atoms with van der Waals surface area (Å²) in [4.78, 5) is 13.6.